The van der Waals surface area contributed by atoms with Crippen LogP contribution in [0.15, 0.2) is 24.3 Å². The van der Waals surface area contributed by atoms with Gasteiger partial charge in [-0.05, 0) is 43.5 Å². The number of para-hydroxylation sites is 1. The van der Waals surface area contributed by atoms with Crippen LogP contribution in [0, 0.1) is 13.8 Å². The smallest absolute Gasteiger partial charge is 0.150 e. The lowest BCUT2D eigenvalue weighted by atomic mass is 10.0. The molecule has 0 spiro atoms. The Balaban J connectivity index is 2.50. The topological polar surface area (TPSA) is 44.9 Å². The number of aromatic nitrogens is 1. The van der Waals surface area contributed by atoms with Gasteiger partial charge in [0.25, 0.3) is 0 Å². The zero-order valence-electron chi connectivity index (χ0n) is 13.8. The van der Waals surface area contributed by atoms with Crippen molar-refractivity contribution in [2.45, 2.75) is 33.6 Å². The Hall–Kier alpha value is -2.29. The first-order valence-electron chi connectivity index (χ1n) is 7.74. The summed E-state index contributed by atoms with van der Waals surface area (Å²) in [5.74, 6) is 0. The molecule has 2 rings (SSSR count). The number of hydrogen-bond acceptors (Lipinski definition) is 2. The predicted molar refractivity (Wildman–Crippen MR) is 94.2 cm³/mol. The van der Waals surface area contributed by atoms with Crippen LogP contribution in [0.4, 0.5) is 5.69 Å². The summed E-state index contributed by atoms with van der Waals surface area (Å²) in [6.45, 7) is 6.39. The molecular weight excluding hydrogens is 272 g/mol. The maximum absolute atomic E-state index is 11.6. The van der Waals surface area contributed by atoms with Gasteiger partial charge in [0.2, 0.25) is 0 Å². The van der Waals surface area contributed by atoms with E-state index in [1.54, 1.807) is 0 Å². The van der Waals surface area contributed by atoms with Gasteiger partial charge in [0.05, 0.1) is 0 Å². The summed E-state index contributed by atoms with van der Waals surface area (Å²) < 4.78 is 0. The molecular formula is C19H24N2O. The van der Waals surface area contributed by atoms with Crippen LogP contribution < -0.4 is 5.32 Å². The molecule has 0 atom stereocenters. The highest BCUT2D eigenvalue weighted by Crippen LogP contribution is 2.27. The van der Waals surface area contributed by atoms with Gasteiger partial charge in [0.1, 0.15) is 0 Å². The minimum Gasteiger partial charge on any atom is -0.388 e. The van der Waals surface area contributed by atoms with E-state index < -0.39 is 0 Å². The summed E-state index contributed by atoms with van der Waals surface area (Å²) in [7, 11) is 1.87. The Morgan fingerprint density at radius 1 is 1.27 bits per heavy atom. The summed E-state index contributed by atoms with van der Waals surface area (Å²) in [6, 6.07) is 7.84. The first kappa shape index (κ1) is 16.1. The largest absolute Gasteiger partial charge is 0.388 e. The molecule has 0 bridgehead atoms. The maximum Gasteiger partial charge on any atom is 0.150 e. The monoisotopic (exact) mass is 296 g/mol. The second kappa shape index (κ2) is 7.12. The molecule has 3 nitrogen and oxygen atoms in total. The van der Waals surface area contributed by atoms with Crippen LogP contribution in [0.3, 0.4) is 0 Å². The molecule has 2 N–H and O–H groups in total. The minimum atomic E-state index is 0.678. The molecule has 0 aliphatic rings. The SMILES string of the molecule is CCCc1c(C)[nH]c(/C=C(/C=O)c2ccccc2NC)c1C. The van der Waals surface area contributed by atoms with Gasteiger partial charge in [-0.2, -0.15) is 0 Å². The summed E-state index contributed by atoms with van der Waals surface area (Å²) >= 11 is 0. The number of H-pyrrole nitrogens is 1. The number of benzene rings is 1. The highest BCUT2D eigenvalue weighted by atomic mass is 16.1. The lowest BCUT2D eigenvalue weighted by Gasteiger charge is -2.08. The van der Waals surface area contributed by atoms with Crippen LogP contribution in [-0.2, 0) is 11.2 Å². The second-order valence-electron chi connectivity index (χ2n) is 5.53. The summed E-state index contributed by atoms with van der Waals surface area (Å²) in [5.41, 5.74) is 7.37. The van der Waals surface area contributed by atoms with Crippen molar-refractivity contribution in [2.24, 2.45) is 0 Å². The highest BCUT2D eigenvalue weighted by Gasteiger charge is 2.11. The average Bonchev–Trinajstić information content (AvgIpc) is 2.80. The zero-order valence-corrected chi connectivity index (χ0v) is 13.8. The summed E-state index contributed by atoms with van der Waals surface area (Å²) in [5, 5.41) is 3.14. The predicted octanol–water partition coefficient (Wildman–Crippen LogP) is 4.37. The average molecular weight is 296 g/mol. The Morgan fingerprint density at radius 3 is 2.64 bits per heavy atom. The van der Waals surface area contributed by atoms with Gasteiger partial charge in [0, 0.05) is 35.3 Å². The minimum absolute atomic E-state index is 0.678. The van der Waals surface area contributed by atoms with Crippen molar-refractivity contribution < 1.29 is 4.79 Å². The molecule has 0 amide bonds. The quantitative estimate of drug-likeness (QED) is 0.614. The molecule has 1 aromatic carbocycles. The van der Waals surface area contributed by atoms with E-state index >= 15 is 0 Å². The molecule has 3 heteroatoms. The van der Waals surface area contributed by atoms with E-state index in [9.17, 15) is 4.79 Å². The third kappa shape index (κ3) is 3.14. The number of hydrogen-bond donors (Lipinski definition) is 2. The molecule has 0 aliphatic carbocycles. The van der Waals surface area contributed by atoms with Crippen molar-refractivity contribution in [3.05, 3.63) is 52.3 Å². The third-order valence-corrected chi connectivity index (χ3v) is 4.07. The molecule has 2 aromatic rings. The molecule has 1 aromatic heterocycles. The summed E-state index contributed by atoms with van der Waals surface area (Å²) in [4.78, 5) is 15.0. The van der Waals surface area contributed by atoms with Gasteiger partial charge >= 0.3 is 0 Å². The van der Waals surface area contributed by atoms with Gasteiger partial charge in [-0.25, -0.2) is 0 Å². The molecule has 1 heterocycles. The number of aryl methyl sites for hydroxylation is 1. The zero-order chi connectivity index (χ0) is 16.1. The van der Waals surface area contributed by atoms with Crippen LogP contribution in [0.1, 0.15) is 41.4 Å². The lowest BCUT2D eigenvalue weighted by molar-refractivity contribution is -0.103. The molecule has 0 aliphatic heterocycles. The fraction of sp³-hybridized carbons (Fsp3) is 0.316. The first-order valence-corrected chi connectivity index (χ1v) is 7.74. The number of anilines is 1. The standard InChI is InChI=1S/C19H24N2O/c1-5-8-16-13(2)19(21-14(16)3)11-15(12-22)17-9-6-7-10-18(17)20-4/h6-7,9-12,20-21H,5,8H2,1-4H3/b15-11-. The van der Waals surface area contributed by atoms with Crippen molar-refractivity contribution in [3.63, 3.8) is 0 Å². The van der Waals surface area contributed by atoms with Crippen molar-refractivity contribution in [2.75, 3.05) is 12.4 Å². The Bertz CT molecular complexity index is 695. The van der Waals surface area contributed by atoms with Crippen LogP contribution in [-0.4, -0.2) is 18.3 Å². The highest BCUT2D eigenvalue weighted by molar-refractivity contribution is 6.15. The Kier molecular flexibility index (Phi) is 5.21. The van der Waals surface area contributed by atoms with Crippen molar-refractivity contribution >= 4 is 23.6 Å². The summed E-state index contributed by atoms with van der Waals surface area (Å²) in [6.07, 6.45) is 5.05. The van der Waals surface area contributed by atoms with Gasteiger partial charge < -0.3 is 10.3 Å². The molecule has 0 radical (unpaired) electrons. The van der Waals surface area contributed by atoms with Crippen molar-refractivity contribution in [1.82, 2.24) is 4.98 Å². The number of carbonyl (C=O) groups excluding carboxylic acids is 1. The van der Waals surface area contributed by atoms with E-state index in [2.05, 4.69) is 31.1 Å². The van der Waals surface area contributed by atoms with E-state index in [0.29, 0.717) is 5.57 Å². The van der Waals surface area contributed by atoms with Crippen molar-refractivity contribution in [3.8, 4) is 0 Å². The third-order valence-electron chi connectivity index (χ3n) is 4.07. The molecule has 0 unspecified atom stereocenters. The maximum atomic E-state index is 11.6. The van der Waals surface area contributed by atoms with Crippen LogP contribution in [0.5, 0.6) is 0 Å². The van der Waals surface area contributed by atoms with E-state index in [-0.39, 0.29) is 0 Å². The van der Waals surface area contributed by atoms with Crippen LogP contribution >= 0.6 is 0 Å². The lowest BCUT2D eigenvalue weighted by Crippen LogP contribution is -1.96. The van der Waals surface area contributed by atoms with E-state index in [0.717, 1.165) is 36.1 Å². The van der Waals surface area contributed by atoms with Crippen molar-refractivity contribution in [1.29, 1.82) is 0 Å². The Labute approximate surface area is 132 Å². The molecule has 0 saturated heterocycles. The van der Waals surface area contributed by atoms with E-state index in [1.807, 2.05) is 37.4 Å². The van der Waals surface area contributed by atoms with Gasteiger partial charge in [-0.15, -0.1) is 0 Å². The second-order valence-corrected chi connectivity index (χ2v) is 5.53. The number of rotatable bonds is 6. The molecule has 0 saturated carbocycles. The number of carbonyl (C=O) groups is 1. The van der Waals surface area contributed by atoms with Crippen LogP contribution in [0.2, 0.25) is 0 Å². The Morgan fingerprint density at radius 2 is 2.00 bits per heavy atom. The fourth-order valence-corrected chi connectivity index (χ4v) is 2.87. The molecule has 22 heavy (non-hydrogen) atoms. The fourth-order valence-electron chi connectivity index (χ4n) is 2.87. The van der Waals surface area contributed by atoms with E-state index in [4.69, 9.17) is 0 Å². The first-order chi connectivity index (χ1) is 10.6. The van der Waals surface area contributed by atoms with Gasteiger partial charge in [0.15, 0.2) is 6.29 Å². The number of allylic oxidation sites excluding steroid dienone is 1. The number of aldehydes is 1. The van der Waals surface area contributed by atoms with Gasteiger partial charge in [-0.3, -0.25) is 4.79 Å². The normalized spacial score (nSPS) is 11.5. The van der Waals surface area contributed by atoms with Crippen LogP contribution in [0.25, 0.3) is 11.6 Å². The molecule has 0 fully saturated rings. The molecule has 116 valence electrons. The number of aromatic amines is 1. The number of nitrogens with one attached hydrogen (secondary N) is 2. The van der Waals surface area contributed by atoms with Gasteiger partial charge in [-0.1, -0.05) is 31.5 Å². The van der Waals surface area contributed by atoms with E-state index in [1.165, 1.54) is 16.8 Å².